The topological polar surface area (TPSA) is 87.3 Å². The number of anilines is 2. The largest absolute Gasteiger partial charge is 0.325 e. The zero-order valence-corrected chi connectivity index (χ0v) is 24.6. The van der Waals surface area contributed by atoms with Crippen LogP contribution in [0.15, 0.2) is 108 Å². The van der Waals surface area contributed by atoms with E-state index in [4.69, 9.17) is 23.2 Å². The molecule has 0 aliphatic carbocycles. The van der Waals surface area contributed by atoms with Crippen LogP contribution in [0.4, 0.5) is 11.4 Å². The van der Waals surface area contributed by atoms with Gasteiger partial charge in [0.1, 0.15) is 5.70 Å². The summed E-state index contributed by atoms with van der Waals surface area (Å²) in [6.07, 6.45) is 1.63. The molecule has 4 aromatic carbocycles. The number of halogens is 2. The number of carbonyl (C=O) groups is 3. The van der Waals surface area contributed by atoms with Gasteiger partial charge in [0.05, 0.1) is 5.25 Å². The van der Waals surface area contributed by atoms with Crippen molar-refractivity contribution >= 4 is 70.1 Å². The Morgan fingerprint density at radius 1 is 0.780 bits per heavy atom. The first-order chi connectivity index (χ1) is 19.7. The Hall–Kier alpha value is -4.04. The molecule has 0 heterocycles. The number of thioether (sulfide) groups is 1. The van der Waals surface area contributed by atoms with E-state index < -0.39 is 17.1 Å². The Labute approximate surface area is 253 Å². The molecule has 208 valence electrons. The van der Waals surface area contributed by atoms with Crippen LogP contribution in [0.25, 0.3) is 6.08 Å². The van der Waals surface area contributed by atoms with Gasteiger partial charge in [-0.1, -0.05) is 77.3 Å². The number of aryl methyl sites for hydroxylation is 1. The van der Waals surface area contributed by atoms with Crippen LogP contribution in [0.1, 0.15) is 28.4 Å². The minimum absolute atomic E-state index is 0.0914. The van der Waals surface area contributed by atoms with Crippen LogP contribution in [-0.2, 0) is 9.59 Å². The molecule has 1 atom stereocenters. The van der Waals surface area contributed by atoms with Crippen molar-refractivity contribution in [3.05, 3.63) is 129 Å². The Kier molecular flexibility index (Phi) is 10.2. The van der Waals surface area contributed by atoms with Crippen LogP contribution >= 0.6 is 35.0 Å². The lowest BCUT2D eigenvalue weighted by molar-refractivity contribution is -0.115. The molecule has 0 aromatic heterocycles. The molecule has 3 amide bonds. The molecule has 9 heteroatoms. The molecule has 0 radical (unpaired) electrons. The van der Waals surface area contributed by atoms with Crippen molar-refractivity contribution in [2.24, 2.45) is 0 Å². The van der Waals surface area contributed by atoms with Crippen molar-refractivity contribution in [2.75, 3.05) is 10.6 Å². The summed E-state index contributed by atoms with van der Waals surface area (Å²) in [6, 6.07) is 28.3. The van der Waals surface area contributed by atoms with Crippen molar-refractivity contribution in [3.8, 4) is 0 Å². The molecule has 4 rings (SSSR count). The monoisotopic (exact) mass is 603 g/mol. The van der Waals surface area contributed by atoms with Crippen LogP contribution in [0, 0.1) is 6.92 Å². The van der Waals surface area contributed by atoms with E-state index in [0.717, 1.165) is 16.0 Å². The second-order valence-corrected chi connectivity index (χ2v) is 11.5. The Morgan fingerprint density at radius 2 is 1.46 bits per heavy atom. The van der Waals surface area contributed by atoms with Gasteiger partial charge in [-0.3, -0.25) is 14.4 Å². The van der Waals surface area contributed by atoms with Crippen LogP contribution < -0.4 is 16.0 Å². The highest BCUT2D eigenvalue weighted by Gasteiger charge is 2.18. The van der Waals surface area contributed by atoms with Crippen molar-refractivity contribution < 1.29 is 14.4 Å². The highest BCUT2D eigenvalue weighted by molar-refractivity contribution is 8.00. The van der Waals surface area contributed by atoms with Gasteiger partial charge in [-0.2, -0.15) is 0 Å². The molecule has 0 saturated carbocycles. The van der Waals surface area contributed by atoms with Gasteiger partial charge < -0.3 is 16.0 Å². The van der Waals surface area contributed by atoms with Crippen molar-refractivity contribution in [3.63, 3.8) is 0 Å². The number of benzene rings is 4. The van der Waals surface area contributed by atoms with E-state index >= 15 is 0 Å². The lowest BCUT2D eigenvalue weighted by Gasteiger charge is -2.14. The summed E-state index contributed by atoms with van der Waals surface area (Å²) < 4.78 is 0. The predicted molar refractivity (Wildman–Crippen MR) is 169 cm³/mol. The summed E-state index contributed by atoms with van der Waals surface area (Å²) in [5.41, 5.74) is 3.38. The lowest BCUT2D eigenvalue weighted by Crippen LogP contribution is -2.30. The van der Waals surface area contributed by atoms with Gasteiger partial charge in [-0.05, 0) is 74.0 Å². The molecule has 0 bridgehead atoms. The van der Waals surface area contributed by atoms with E-state index in [9.17, 15) is 14.4 Å². The first-order valence-corrected chi connectivity index (χ1v) is 14.3. The van der Waals surface area contributed by atoms with Crippen LogP contribution in [0.5, 0.6) is 0 Å². The number of hydrogen-bond donors (Lipinski definition) is 3. The van der Waals surface area contributed by atoms with E-state index in [1.165, 1.54) is 11.8 Å². The molecule has 1 unspecified atom stereocenters. The molecule has 0 aliphatic heterocycles. The van der Waals surface area contributed by atoms with E-state index in [2.05, 4.69) is 16.0 Å². The van der Waals surface area contributed by atoms with Gasteiger partial charge in [-0.15, -0.1) is 11.8 Å². The molecule has 0 spiro atoms. The standard InChI is InChI=1S/C32H27Cl2N3O3S/c1-20-11-13-22(14-12-20)15-29(37-31(39)23-7-4-3-5-8-23)32(40)35-26-9-6-10-28(19-26)41-21(2)30(38)36-27-17-24(33)16-25(34)18-27/h3-19,21H,1-2H3,(H,35,40)(H,36,38)(H,37,39)/b29-15-. The van der Waals surface area contributed by atoms with Crippen molar-refractivity contribution in [1.29, 1.82) is 0 Å². The van der Waals surface area contributed by atoms with Crippen molar-refractivity contribution in [1.82, 2.24) is 5.32 Å². The number of rotatable bonds is 9. The van der Waals surface area contributed by atoms with Gasteiger partial charge >= 0.3 is 0 Å². The Morgan fingerprint density at radius 3 is 2.15 bits per heavy atom. The van der Waals surface area contributed by atoms with Crippen molar-refractivity contribution in [2.45, 2.75) is 24.0 Å². The molecule has 0 aliphatic rings. The minimum Gasteiger partial charge on any atom is -0.325 e. The highest BCUT2D eigenvalue weighted by Crippen LogP contribution is 2.28. The normalized spacial score (nSPS) is 11.9. The number of nitrogens with one attached hydrogen (secondary N) is 3. The molecule has 4 aromatic rings. The summed E-state index contributed by atoms with van der Waals surface area (Å²) in [5.74, 6) is -1.11. The van der Waals surface area contributed by atoms with Crippen LogP contribution in [-0.4, -0.2) is 23.0 Å². The van der Waals surface area contributed by atoms with E-state index in [-0.39, 0.29) is 11.6 Å². The molecule has 6 nitrogen and oxygen atoms in total. The fourth-order valence-electron chi connectivity index (χ4n) is 3.74. The van der Waals surface area contributed by atoms with Gasteiger partial charge in [-0.25, -0.2) is 0 Å². The average Bonchev–Trinajstić information content (AvgIpc) is 2.94. The van der Waals surface area contributed by atoms with Gasteiger partial charge in [0, 0.05) is 31.9 Å². The van der Waals surface area contributed by atoms with Gasteiger partial charge in [0.15, 0.2) is 0 Å². The summed E-state index contributed by atoms with van der Waals surface area (Å²) >= 11 is 13.4. The van der Waals surface area contributed by atoms with Crippen LogP contribution in [0.3, 0.4) is 0 Å². The van der Waals surface area contributed by atoms with Gasteiger partial charge in [0.25, 0.3) is 11.8 Å². The van der Waals surface area contributed by atoms with Crippen LogP contribution in [0.2, 0.25) is 10.0 Å². The quantitative estimate of drug-likeness (QED) is 0.134. The molecular formula is C32H27Cl2N3O3S. The maximum absolute atomic E-state index is 13.4. The summed E-state index contributed by atoms with van der Waals surface area (Å²) in [7, 11) is 0. The predicted octanol–water partition coefficient (Wildman–Crippen LogP) is 7.83. The zero-order valence-electron chi connectivity index (χ0n) is 22.3. The highest BCUT2D eigenvalue weighted by atomic mass is 35.5. The molecule has 41 heavy (non-hydrogen) atoms. The number of carbonyl (C=O) groups excluding carboxylic acids is 3. The van der Waals surface area contributed by atoms with E-state index in [1.54, 1.807) is 73.7 Å². The third-order valence-electron chi connectivity index (χ3n) is 5.82. The van der Waals surface area contributed by atoms with Gasteiger partial charge in [0.2, 0.25) is 5.91 Å². The smallest absolute Gasteiger partial charge is 0.272 e. The maximum atomic E-state index is 13.4. The fraction of sp³-hybridized carbons (Fsp3) is 0.0938. The first kappa shape index (κ1) is 29.9. The summed E-state index contributed by atoms with van der Waals surface area (Å²) in [4.78, 5) is 39.8. The zero-order chi connectivity index (χ0) is 29.4. The first-order valence-electron chi connectivity index (χ1n) is 12.7. The SMILES string of the molecule is Cc1ccc(/C=C(\NC(=O)c2ccccc2)C(=O)Nc2cccc(SC(C)C(=O)Nc3cc(Cl)cc(Cl)c3)c2)cc1. The van der Waals surface area contributed by atoms with E-state index in [1.807, 2.05) is 43.3 Å². The number of hydrogen-bond acceptors (Lipinski definition) is 4. The average molecular weight is 605 g/mol. The molecular weight excluding hydrogens is 577 g/mol. The number of amides is 3. The molecule has 0 saturated heterocycles. The Bertz CT molecular complexity index is 1570. The summed E-state index contributed by atoms with van der Waals surface area (Å²) in [6.45, 7) is 3.75. The third-order valence-corrected chi connectivity index (χ3v) is 7.35. The lowest BCUT2D eigenvalue weighted by atomic mass is 10.1. The second kappa shape index (κ2) is 14.0. The minimum atomic E-state index is -0.486. The second-order valence-electron chi connectivity index (χ2n) is 9.18. The maximum Gasteiger partial charge on any atom is 0.272 e. The molecule has 0 fully saturated rings. The Balaban J connectivity index is 1.47. The fourth-order valence-corrected chi connectivity index (χ4v) is 5.20. The molecule has 3 N–H and O–H groups in total. The third kappa shape index (κ3) is 8.98. The van der Waals surface area contributed by atoms with E-state index in [0.29, 0.717) is 27.0 Å². The summed E-state index contributed by atoms with van der Waals surface area (Å²) in [5, 5.41) is 8.81.